The number of hydrogen-bond acceptors (Lipinski definition) is 5. The summed E-state index contributed by atoms with van der Waals surface area (Å²) in [4.78, 5) is 42.7. The van der Waals surface area contributed by atoms with Gasteiger partial charge in [-0.25, -0.2) is 0 Å². The highest BCUT2D eigenvalue weighted by Gasteiger charge is 2.74. The fourth-order valence-electron chi connectivity index (χ4n) is 5.99. The number of hydrogen-bond donors (Lipinski definition) is 3. The highest BCUT2D eigenvalue weighted by atomic mass is 35.5. The number of rotatable bonds is 9. The van der Waals surface area contributed by atoms with Gasteiger partial charge in [0.2, 0.25) is 17.7 Å². The fourth-order valence-corrected chi connectivity index (χ4v) is 8.38. The maximum atomic E-state index is 14.0. The van der Waals surface area contributed by atoms with Gasteiger partial charge in [0.15, 0.2) is 0 Å². The molecule has 4 rings (SSSR count). The fraction of sp³-hybridized carbons (Fsp3) is 0.640. The number of likely N-dealkylation sites (tertiary alicyclic amines) is 1. The predicted octanol–water partition coefficient (Wildman–Crippen LogP) is 3.30. The molecule has 3 saturated heterocycles. The van der Waals surface area contributed by atoms with E-state index in [1.54, 1.807) is 40.9 Å². The molecular weight excluding hydrogens is 474 g/mol. The van der Waals surface area contributed by atoms with Crippen molar-refractivity contribution in [1.82, 2.24) is 10.2 Å². The number of nitrogens with zero attached hydrogens (tertiary/aromatic N) is 1. The molecular formula is C25H34ClN3O4S. The summed E-state index contributed by atoms with van der Waals surface area (Å²) in [5, 5.41) is 16.7. The third-order valence-corrected chi connectivity index (χ3v) is 10.1. The highest BCUT2D eigenvalue weighted by molar-refractivity contribution is 8.02. The van der Waals surface area contributed by atoms with E-state index in [1.807, 2.05) is 20.8 Å². The van der Waals surface area contributed by atoms with Crippen LogP contribution in [0.4, 0.5) is 5.69 Å². The van der Waals surface area contributed by atoms with E-state index in [9.17, 15) is 19.5 Å². The quantitative estimate of drug-likeness (QED) is 0.476. The van der Waals surface area contributed by atoms with Gasteiger partial charge in [0.1, 0.15) is 6.04 Å². The zero-order chi connectivity index (χ0) is 24.6. The number of halogens is 1. The average Bonchev–Trinajstić information content (AvgIpc) is 3.47. The van der Waals surface area contributed by atoms with Crippen LogP contribution in [0.5, 0.6) is 0 Å². The summed E-state index contributed by atoms with van der Waals surface area (Å²) < 4.78 is -0.692. The molecule has 7 atom stereocenters. The van der Waals surface area contributed by atoms with E-state index in [1.165, 1.54) is 0 Å². The molecule has 0 aromatic heterocycles. The lowest BCUT2D eigenvalue weighted by Gasteiger charge is -2.39. The van der Waals surface area contributed by atoms with Crippen molar-refractivity contribution in [2.45, 2.75) is 68.5 Å². The SMILES string of the molecule is CCCNC(=O)[C@@H]1[C@@H]2CCC3(S2)C(C(=O)Nc2ccccc2Cl)N([C@@H](CO)[C@@H](C)CC)C(=O)[C@H]13. The first-order valence-corrected chi connectivity index (χ1v) is 13.5. The molecule has 2 unspecified atom stereocenters. The second-order valence-corrected chi connectivity index (χ2v) is 11.7. The van der Waals surface area contributed by atoms with Gasteiger partial charge in [0.25, 0.3) is 0 Å². The van der Waals surface area contributed by atoms with Gasteiger partial charge in [-0.05, 0) is 37.3 Å². The zero-order valence-corrected chi connectivity index (χ0v) is 21.5. The molecule has 0 radical (unpaired) electrons. The van der Waals surface area contributed by atoms with E-state index in [0.717, 1.165) is 19.3 Å². The molecule has 3 amide bonds. The first-order chi connectivity index (χ1) is 16.3. The lowest BCUT2D eigenvalue weighted by Crippen LogP contribution is -2.56. The molecule has 186 valence electrons. The number of aliphatic hydroxyl groups excluding tert-OH is 1. The van der Waals surface area contributed by atoms with Crippen LogP contribution in [0.2, 0.25) is 5.02 Å². The Balaban J connectivity index is 1.75. The topological polar surface area (TPSA) is 98.7 Å². The third kappa shape index (κ3) is 4.01. The van der Waals surface area contributed by atoms with E-state index >= 15 is 0 Å². The number of thioether (sulfide) groups is 1. The second-order valence-electron chi connectivity index (χ2n) is 9.70. The number of benzene rings is 1. The average molecular weight is 508 g/mol. The van der Waals surface area contributed by atoms with Crippen LogP contribution in [-0.4, -0.2) is 63.0 Å². The van der Waals surface area contributed by atoms with E-state index in [2.05, 4.69) is 10.6 Å². The Hall–Kier alpha value is -1.77. The van der Waals surface area contributed by atoms with Crippen LogP contribution in [0.15, 0.2) is 24.3 Å². The minimum absolute atomic E-state index is 0.00522. The number of anilines is 1. The van der Waals surface area contributed by atoms with Crippen LogP contribution in [0.3, 0.4) is 0 Å². The van der Waals surface area contributed by atoms with Gasteiger partial charge in [0, 0.05) is 11.8 Å². The molecule has 1 spiro atoms. The van der Waals surface area contributed by atoms with E-state index < -0.39 is 28.7 Å². The molecule has 9 heteroatoms. The molecule has 1 aromatic rings. The van der Waals surface area contributed by atoms with Crippen molar-refractivity contribution in [3.63, 3.8) is 0 Å². The number of amides is 3. The van der Waals surface area contributed by atoms with Crippen molar-refractivity contribution < 1.29 is 19.5 Å². The minimum atomic E-state index is -0.786. The molecule has 7 nitrogen and oxygen atoms in total. The van der Waals surface area contributed by atoms with Crippen LogP contribution in [0.25, 0.3) is 0 Å². The smallest absolute Gasteiger partial charge is 0.248 e. The Morgan fingerprint density at radius 2 is 2.03 bits per heavy atom. The normalized spacial score (nSPS) is 31.3. The Bertz CT molecular complexity index is 962. The summed E-state index contributed by atoms with van der Waals surface area (Å²) in [6.07, 6.45) is 3.04. The number of fused-ring (bicyclic) bond motifs is 1. The van der Waals surface area contributed by atoms with Crippen molar-refractivity contribution in [2.75, 3.05) is 18.5 Å². The molecule has 3 aliphatic heterocycles. The largest absolute Gasteiger partial charge is 0.394 e. The molecule has 3 aliphatic rings. The molecule has 34 heavy (non-hydrogen) atoms. The van der Waals surface area contributed by atoms with Gasteiger partial charge < -0.3 is 20.6 Å². The van der Waals surface area contributed by atoms with E-state index in [-0.39, 0.29) is 35.5 Å². The van der Waals surface area contributed by atoms with Crippen LogP contribution in [-0.2, 0) is 14.4 Å². The first kappa shape index (κ1) is 25.3. The first-order valence-electron chi connectivity index (χ1n) is 12.2. The van der Waals surface area contributed by atoms with E-state index in [0.29, 0.717) is 23.7 Å². The second kappa shape index (κ2) is 10.1. The Labute approximate surface area is 210 Å². The number of nitrogens with one attached hydrogen (secondary N) is 2. The molecule has 3 fully saturated rings. The van der Waals surface area contributed by atoms with Crippen molar-refractivity contribution in [2.24, 2.45) is 17.8 Å². The maximum absolute atomic E-state index is 14.0. The van der Waals surface area contributed by atoms with Gasteiger partial charge in [-0.1, -0.05) is 50.9 Å². The maximum Gasteiger partial charge on any atom is 0.248 e. The van der Waals surface area contributed by atoms with Crippen molar-refractivity contribution in [3.05, 3.63) is 29.3 Å². The minimum Gasteiger partial charge on any atom is -0.394 e. The summed E-state index contributed by atoms with van der Waals surface area (Å²) >= 11 is 7.94. The lowest BCUT2D eigenvalue weighted by atomic mass is 9.70. The summed E-state index contributed by atoms with van der Waals surface area (Å²) in [6, 6.07) is 5.73. The van der Waals surface area contributed by atoms with Crippen molar-refractivity contribution in [1.29, 1.82) is 0 Å². The van der Waals surface area contributed by atoms with Gasteiger partial charge in [-0.3, -0.25) is 14.4 Å². The van der Waals surface area contributed by atoms with Gasteiger partial charge in [-0.15, -0.1) is 11.8 Å². The summed E-state index contributed by atoms with van der Waals surface area (Å²) in [7, 11) is 0. The van der Waals surface area contributed by atoms with Crippen molar-refractivity contribution >= 4 is 46.8 Å². The summed E-state index contributed by atoms with van der Waals surface area (Å²) in [5.74, 6) is -1.65. The predicted molar refractivity (Wildman–Crippen MR) is 135 cm³/mol. The third-order valence-electron chi connectivity index (χ3n) is 7.82. The van der Waals surface area contributed by atoms with Crippen LogP contribution in [0.1, 0.15) is 46.5 Å². The molecule has 0 aliphatic carbocycles. The van der Waals surface area contributed by atoms with E-state index in [4.69, 9.17) is 11.6 Å². The molecule has 0 saturated carbocycles. The van der Waals surface area contributed by atoms with Crippen LogP contribution < -0.4 is 10.6 Å². The van der Waals surface area contributed by atoms with Crippen LogP contribution >= 0.6 is 23.4 Å². The Morgan fingerprint density at radius 1 is 1.29 bits per heavy atom. The summed E-state index contributed by atoms with van der Waals surface area (Å²) in [5.41, 5.74) is 0.486. The molecule has 2 bridgehead atoms. The standard InChI is InChI=1S/C25H34ClN3O4S/c1-4-12-27-22(31)19-18-10-11-25(34-18)20(19)24(33)29(17(13-30)14(3)5-2)21(25)23(32)28-16-9-7-6-8-15(16)26/h6-9,14,17-21,30H,4-5,10-13H2,1-3H3,(H,27,31)(H,28,32)/t14-,17-,18-,19+,20-,21?,25?/m0/s1. The van der Waals surface area contributed by atoms with Gasteiger partial charge >= 0.3 is 0 Å². The number of aliphatic hydroxyl groups is 1. The zero-order valence-electron chi connectivity index (χ0n) is 19.9. The molecule has 1 aromatic carbocycles. The molecule has 3 heterocycles. The highest BCUT2D eigenvalue weighted by Crippen LogP contribution is 2.66. The van der Waals surface area contributed by atoms with Gasteiger partial charge in [0.05, 0.1) is 39.9 Å². The van der Waals surface area contributed by atoms with Crippen molar-refractivity contribution in [3.8, 4) is 0 Å². The van der Waals surface area contributed by atoms with Crippen LogP contribution in [0, 0.1) is 17.8 Å². The monoisotopic (exact) mass is 507 g/mol. The van der Waals surface area contributed by atoms with Gasteiger partial charge in [-0.2, -0.15) is 0 Å². The lowest BCUT2D eigenvalue weighted by molar-refractivity contribution is -0.143. The number of para-hydroxylation sites is 1. The number of carbonyl (C=O) groups excluding carboxylic acids is 3. The summed E-state index contributed by atoms with van der Waals surface area (Å²) in [6.45, 7) is 6.31. The Kier molecular flexibility index (Phi) is 7.50. The molecule has 3 N–H and O–H groups in total. The Morgan fingerprint density at radius 3 is 2.68 bits per heavy atom. The number of carbonyl (C=O) groups is 3.